The van der Waals surface area contributed by atoms with Crippen LogP contribution in [0.5, 0.6) is 11.5 Å². The van der Waals surface area contributed by atoms with Crippen LogP contribution in [0.4, 0.5) is 5.69 Å². The third-order valence-corrected chi connectivity index (χ3v) is 4.48. The highest BCUT2D eigenvalue weighted by Crippen LogP contribution is 2.35. The predicted octanol–water partition coefficient (Wildman–Crippen LogP) is 4.66. The summed E-state index contributed by atoms with van der Waals surface area (Å²) >= 11 is 11.4. The smallest absolute Gasteiger partial charge is 0.269 e. The number of amides is 1. The molecule has 1 aromatic heterocycles. The van der Waals surface area contributed by atoms with E-state index in [1.165, 1.54) is 14.2 Å². The van der Waals surface area contributed by atoms with E-state index in [0.29, 0.717) is 39.2 Å². The monoisotopic (exact) mass is 392 g/mol. The summed E-state index contributed by atoms with van der Waals surface area (Å²) in [5.41, 5.74) is 2.03. The molecule has 0 saturated carbocycles. The molecule has 0 aliphatic carbocycles. The molecule has 0 spiro atoms. The second-order valence-electron chi connectivity index (χ2n) is 5.47. The van der Waals surface area contributed by atoms with Gasteiger partial charge in [-0.15, -0.1) is 0 Å². The molecular weight excluding hydrogens is 376 g/mol. The number of oxazole rings is 1. The molecule has 6 nitrogen and oxygen atoms in total. The zero-order valence-corrected chi connectivity index (χ0v) is 15.8. The summed E-state index contributed by atoms with van der Waals surface area (Å²) in [6, 6.07) is 10.7. The fourth-order valence-corrected chi connectivity index (χ4v) is 3.13. The molecule has 0 saturated heterocycles. The first-order valence-electron chi connectivity index (χ1n) is 7.83. The molecule has 0 radical (unpaired) electrons. The van der Waals surface area contributed by atoms with Gasteiger partial charge in [0.25, 0.3) is 4.84 Å². The number of aryl methyl sites for hydroxylation is 1. The Morgan fingerprint density at radius 2 is 1.96 bits per heavy atom. The number of hydrogen-bond acceptors (Lipinski definition) is 5. The molecule has 8 heteroatoms. The lowest BCUT2D eigenvalue weighted by molar-refractivity contribution is -0.116. The normalized spacial score (nSPS) is 10.7. The van der Waals surface area contributed by atoms with E-state index >= 15 is 0 Å². The summed E-state index contributed by atoms with van der Waals surface area (Å²) in [7, 11) is 3.02. The van der Waals surface area contributed by atoms with Crippen molar-refractivity contribution in [3.05, 3.63) is 46.3 Å². The van der Waals surface area contributed by atoms with Gasteiger partial charge in [-0.25, -0.2) is 0 Å². The molecule has 0 fully saturated rings. The Bertz CT molecular complexity index is 1010. The maximum atomic E-state index is 12.4. The van der Waals surface area contributed by atoms with Crippen LogP contribution < -0.4 is 14.8 Å². The molecule has 1 amide bonds. The van der Waals surface area contributed by atoms with Crippen LogP contribution in [0.25, 0.3) is 11.1 Å². The minimum Gasteiger partial charge on any atom is -0.495 e. The fraction of sp³-hybridized carbons (Fsp3) is 0.222. The number of nitrogens with zero attached hydrogens (tertiary/aromatic N) is 1. The quantitative estimate of drug-likeness (QED) is 0.618. The first-order valence-corrected chi connectivity index (χ1v) is 8.62. The van der Waals surface area contributed by atoms with Gasteiger partial charge in [-0.05, 0) is 30.4 Å². The van der Waals surface area contributed by atoms with Crippen molar-refractivity contribution in [2.75, 3.05) is 19.5 Å². The lowest BCUT2D eigenvalue weighted by Gasteiger charge is -2.13. The van der Waals surface area contributed by atoms with E-state index in [9.17, 15) is 4.79 Å². The Morgan fingerprint density at radius 1 is 1.23 bits per heavy atom. The van der Waals surface area contributed by atoms with Crippen molar-refractivity contribution < 1.29 is 18.7 Å². The van der Waals surface area contributed by atoms with Gasteiger partial charge in [0.15, 0.2) is 5.58 Å². The molecule has 3 aromatic rings. The average molecular weight is 393 g/mol. The van der Waals surface area contributed by atoms with Gasteiger partial charge >= 0.3 is 0 Å². The number of aromatic nitrogens is 1. The molecular formula is C18H17ClN2O4S. The zero-order chi connectivity index (χ0) is 18.7. The van der Waals surface area contributed by atoms with Gasteiger partial charge in [-0.1, -0.05) is 23.7 Å². The minimum absolute atomic E-state index is 0.197. The van der Waals surface area contributed by atoms with E-state index in [0.717, 1.165) is 5.52 Å². The highest BCUT2D eigenvalue weighted by atomic mass is 35.5. The maximum absolute atomic E-state index is 12.4. The lowest BCUT2D eigenvalue weighted by Crippen LogP contribution is -2.15. The predicted molar refractivity (Wildman–Crippen MR) is 103 cm³/mol. The van der Waals surface area contributed by atoms with Crippen LogP contribution >= 0.6 is 23.8 Å². The molecule has 0 aliphatic heterocycles. The van der Waals surface area contributed by atoms with Crippen LogP contribution in [0.2, 0.25) is 5.02 Å². The second kappa shape index (κ2) is 7.80. The van der Waals surface area contributed by atoms with Crippen LogP contribution in [-0.2, 0) is 11.3 Å². The summed E-state index contributed by atoms with van der Waals surface area (Å²) in [6.07, 6.45) is 0.213. The number of anilines is 1. The van der Waals surface area contributed by atoms with Crippen LogP contribution in [0.3, 0.4) is 0 Å². The zero-order valence-electron chi connectivity index (χ0n) is 14.2. The third kappa shape index (κ3) is 3.68. The van der Waals surface area contributed by atoms with E-state index in [4.69, 9.17) is 37.7 Å². The SMILES string of the molecule is COc1cc(OC)c(NC(=O)CCn2c(=S)oc3ccccc32)cc1Cl. The van der Waals surface area contributed by atoms with Crippen LogP contribution in [0, 0.1) is 4.84 Å². The summed E-state index contributed by atoms with van der Waals surface area (Å²) in [5, 5.41) is 3.18. The van der Waals surface area contributed by atoms with Gasteiger partial charge < -0.3 is 19.2 Å². The number of carbonyl (C=O) groups is 1. The standard InChI is InChI=1S/C18H17ClN2O4S/c1-23-15-10-16(24-2)12(9-11(15)19)20-17(22)7-8-21-13-5-3-4-6-14(13)25-18(21)26/h3-6,9-10H,7-8H2,1-2H3,(H,20,22). The largest absolute Gasteiger partial charge is 0.495 e. The Hall–Kier alpha value is -2.51. The van der Waals surface area contributed by atoms with Gasteiger partial charge in [0.05, 0.1) is 30.4 Å². The van der Waals surface area contributed by atoms with E-state index < -0.39 is 0 Å². The Morgan fingerprint density at radius 3 is 2.69 bits per heavy atom. The number of ether oxygens (including phenoxy) is 2. The van der Waals surface area contributed by atoms with Crippen LogP contribution in [-0.4, -0.2) is 24.7 Å². The number of methoxy groups -OCH3 is 2. The Kier molecular flexibility index (Phi) is 5.49. The van der Waals surface area contributed by atoms with Gasteiger partial charge in [0, 0.05) is 19.0 Å². The number of halogens is 1. The summed E-state index contributed by atoms with van der Waals surface area (Å²) in [6.45, 7) is 0.397. The number of fused-ring (bicyclic) bond motifs is 1. The van der Waals surface area contributed by atoms with Crippen LogP contribution in [0.15, 0.2) is 40.8 Å². The van der Waals surface area contributed by atoms with Crippen LogP contribution in [0.1, 0.15) is 6.42 Å². The van der Waals surface area contributed by atoms with E-state index in [1.807, 2.05) is 24.3 Å². The topological polar surface area (TPSA) is 65.6 Å². The molecule has 0 bridgehead atoms. The van der Waals surface area contributed by atoms with Gasteiger partial charge in [-0.3, -0.25) is 9.36 Å². The molecule has 0 atom stereocenters. The number of hydrogen-bond donors (Lipinski definition) is 1. The minimum atomic E-state index is -0.197. The van der Waals surface area contributed by atoms with Gasteiger partial charge in [-0.2, -0.15) is 0 Å². The summed E-state index contributed by atoms with van der Waals surface area (Å²) < 4.78 is 17.7. The molecule has 2 aromatic carbocycles. The van der Waals surface area contributed by atoms with Crippen molar-refractivity contribution in [3.63, 3.8) is 0 Å². The second-order valence-corrected chi connectivity index (χ2v) is 6.23. The van der Waals surface area contributed by atoms with Crippen molar-refractivity contribution in [2.45, 2.75) is 13.0 Å². The lowest BCUT2D eigenvalue weighted by atomic mass is 10.2. The molecule has 26 heavy (non-hydrogen) atoms. The number of nitrogens with one attached hydrogen (secondary N) is 1. The van der Waals surface area contributed by atoms with E-state index in [-0.39, 0.29) is 12.3 Å². The molecule has 1 N–H and O–H groups in total. The van der Waals surface area contributed by atoms with E-state index in [1.54, 1.807) is 16.7 Å². The molecule has 0 aliphatic rings. The number of carbonyl (C=O) groups excluding carboxylic acids is 1. The fourth-order valence-electron chi connectivity index (χ4n) is 2.61. The first-order chi connectivity index (χ1) is 12.5. The van der Waals surface area contributed by atoms with Gasteiger partial charge in [0.2, 0.25) is 5.91 Å². The Labute approximate surface area is 160 Å². The summed E-state index contributed by atoms with van der Waals surface area (Å²) in [5.74, 6) is 0.736. The Balaban J connectivity index is 1.74. The van der Waals surface area contributed by atoms with Crippen molar-refractivity contribution in [3.8, 4) is 11.5 Å². The highest BCUT2D eigenvalue weighted by molar-refractivity contribution is 7.71. The third-order valence-electron chi connectivity index (χ3n) is 3.88. The summed E-state index contributed by atoms with van der Waals surface area (Å²) in [4.78, 5) is 12.7. The molecule has 0 unspecified atom stereocenters. The first kappa shape index (κ1) is 18.3. The number of benzene rings is 2. The molecule has 1 heterocycles. The van der Waals surface area contributed by atoms with Crippen molar-refractivity contribution >= 4 is 46.5 Å². The number of para-hydroxylation sites is 2. The number of rotatable bonds is 6. The average Bonchev–Trinajstić information content (AvgIpc) is 2.95. The van der Waals surface area contributed by atoms with Crippen molar-refractivity contribution in [1.29, 1.82) is 0 Å². The molecule has 3 rings (SSSR count). The highest BCUT2D eigenvalue weighted by Gasteiger charge is 2.13. The van der Waals surface area contributed by atoms with E-state index in [2.05, 4.69) is 5.32 Å². The maximum Gasteiger partial charge on any atom is 0.269 e. The van der Waals surface area contributed by atoms with Crippen molar-refractivity contribution in [1.82, 2.24) is 4.57 Å². The molecule has 136 valence electrons. The van der Waals surface area contributed by atoms with Crippen molar-refractivity contribution in [2.24, 2.45) is 0 Å². The van der Waals surface area contributed by atoms with Gasteiger partial charge in [0.1, 0.15) is 11.5 Å².